The second-order valence-corrected chi connectivity index (χ2v) is 4.73. The number of aliphatic carboxylic acids is 1. The van der Waals surface area contributed by atoms with Gasteiger partial charge in [0.25, 0.3) is 5.91 Å². The fraction of sp³-hybridized carbons (Fsp3) is 0.214. The summed E-state index contributed by atoms with van der Waals surface area (Å²) >= 11 is 0. The molecule has 2 heterocycles. The van der Waals surface area contributed by atoms with E-state index in [0.717, 1.165) is 5.69 Å². The Morgan fingerprint density at radius 3 is 2.55 bits per heavy atom. The van der Waals surface area contributed by atoms with Crippen molar-refractivity contribution in [3.05, 3.63) is 48.5 Å². The van der Waals surface area contributed by atoms with E-state index in [0.29, 0.717) is 5.69 Å². The zero-order valence-electron chi connectivity index (χ0n) is 10.6. The van der Waals surface area contributed by atoms with Crippen LogP contribution in [0.3, 0.4) is 0 Å². The van der Waals surface area contributed by atoms with Crippen molar-refractivity contribution in [2.24, 2.45) is 5.92 Å². The van der Waals surface area contributed by atoms with E-state index in [2.05, 4.69) is 4.98 Å². The zero-order valence-corrected chi connectivity index (χ0v) is 10.6. The van der Waals surface area contributed by atoms with E-state index in [-0.39, 0.29) is 19.0 Å². The van der Waals surface area contributed by atoms with Gasteiger partial charge in [0.2, 0.25) is 0 Å². The molecule has 1 N–H and O–H groups in total. The van der Waals surface area contributed by atoms with E-state index in [1.807, 2.05) is 30.3 Å². The number of nitrogens with zero attached hydrogens (tertiary/aromatic N) is 3. The second-order valence-electron chi connectivity index (χ2n) is 4.73. The smallest absolute Gasteiger partial charge is 0.310 e. The number of carboxylic acids is 1. The average Bonchev–Trinajstić information content (AvgIpc) is 2.86. The van der Waals surface area contributed by atoms with Crippen molar-refractivity contribution < 1.29 is 14.7 Å². The number of amides is 1. The van der Waals surface area contributed by atoms with Crippen molar-refractivity contribution in [1.82, 2.24) is 14.5 Å². The highest BCUT2D eigenvalue weighted by molar-refractivity contribution is 5.94. The highest BCUT2D eigenvalue weighted by Crippen LogP contribution is 2.20. The Morgan fingerprint density at radius 2 is 1.90 bits per heavy atom. The van der Waals surface area contributed by atoms with Gasteiger partial charge < -0.3 is 10.0 Å². The van der Waals surface area contributed by atoms with Gasteiger partial charge in [0.1, 0.15) is 5.69 Å². The normalized spacial score (nSPS) is 14.9. The molecule has 0 spiro atoms. The van der Waals surface area contributed by atoms with Gasteiger partial charge in [-0.1, -0.05) is 18.2 Å². The lowest BCUT2D eigenvalue weighted by Gasteiger charge is -2.36. The van der Waals surface area contributed by atoms with Crippen LogP contribution in [0.5, 0.6) is 0 Å². The van der Waals surface area contributed by atoms with Crippen LogP contribution in [0.4, 0.5) is 0 Å². The monoisotopic (exact) mass is 271 g/mol. The van der Waals surface area contributed by atoms with Gasteiger partial charge in [0.15, 0.2) is 0 Å². The number of likely N-dealkylation sites (tertiary alicyclic amines) is 1. The first-order chi connectivity index (χ1) is 9.66. The summed E-state index contributed by atoms with van der Waals surface area (Å²) in [4.78, 5) is 28.6. The molecule has 1 amide bonds. The molecule has 102 valence electrons. The van der Waals surface area contributed by atoms with Gasteiger partial charge in [-0.05, 0) is 12.1 Å². The lowest BCUT2D eigenvalue weighted by atomic mass is 10.0. The molecule has 2 aromatic rings. The molecule has 1 aliphatic heterocycles. The summed E-state index contributed by atoms with van der Waals surface area (Å²) in [5, 5.41) is 8.84. The maximum atomic E-state index is 12.3. The van der Waals surface area contributed by atoms with E-state index in [4.69, 9.17) is 5.11 Å². The number of hydrogen-bond donors (Lipinski definition) is 1. The number of imidazole rings is 1. The number of hydrogen-bond acceptors (Lipinski definition) is 3. The SMILES string of the molecule is O=C(O)C1CN(C(=O)c2cncn2-c2ccccc2)C1. The summed E-state index contributed by atoms with van der Waals surface area (Å²) in [6.45, 7) is 0.516. The molecule has 1 fully saturated rings. The quantitative estimate of drug-likeness (QED) is 0.904. The lowest BCUT2D eigenvalue weighted by Crippen LogP contribution is -2.53. The Morgan fingerprint density at radius 1 is 1.20 bits per heavy atom. The summed E-state index contributed by atoms with van der Waals surface area (Å²) in [6, 6.07) is 9.43. The fourth-order valence-electron chi connectivity index (χ4n) is 2.21. The third-order valence-electron chi connectivity index (χ3n) is 3.41. The first-order valence-electron chi connectivity index (χ1n) is 6.26. The minimum absolute atomic E-state index is 0.191. The summed E-state index contributed by atoms with van der Waals surface area (Å²) in [6.07, 6.45) is 3.08. The molecule has 0 atom stereocenters. The van der Waals surface area contributed by atoms with E-state index < -0.39 is 11.9 Å². The molecule has 6 heteroatoms. The van der Waals surface area contributed by atoms with Crippen LogP contribution < -0.4 is 0 Å². The maximum absolute atomic E-state index is 12.3. The van der Waals surface area contributed by atoms with Crippen LogP contribution in [0.25, 0.3) is 5.69 Å². The molecule has 1 aromatic carbocycles. The zero-order chi connectivity index (χ0) is 14.1. The molecule has 1 saturated heterocycles. The molecule has 0 radical (unpaired) electrons. The molecule has 1 aliphatic rings. The van der Waals surface area contributed by atoms with Crippen molar-refractivity contribution in [3.63, 3.8) is 0 Å². The molecular formula is C14H13N3O3. The first kappa shape index (κ1) is 12.4. The Hall–Kier alpha value is -2.63. The van der Waals surface area contributed by atoms with E-state index >= 15 is 0 Å². The van der Waals surface area contributed by atoms with Gasteiger partial charge in [0, 0.05) is 18.8 Å². The van der Waals surface area contributed by atoms with Crippen LogP contribution >= 0.6 is 0 Å². The van der Waals surface area contributed by atoms with Gasteiger partial charge in [-0.25, -0.2) is 4.98 Å². The molecule has 20 heavy (non-hydrogen) atoms. The van der Waals surface area contributed by atoms with Crippen LogP contribution in [-0.4, -0.2) is 44.5 Å². The predicted molar refractivity (Wildman–Crippen MR) is 70.6 cm³/mol. The topological polar surface area (TPSA) is 75.4 Å². The highest BCUT2D eigenvalue weighted by atomic mass is 16.4. The van der Waals surface area contributed by atoms with Crippen LogP contribution in [0, 0.1) is 5.92 Å². The molecule has 3 rings (SSSR count). The lowest BCUT2D eigenvalue weighted by molar-refractivity contribution is -0.146. The predicted octanol–water partition coefficient (Wildman–Crippen LogP) is 1.03. The van der Waals surface area contributed by atoms with Crippen LogP contribution in [-0.2, 0) is 4.79 Å². The number of para-hydroxylation sites is 1. The molecule has 0 unspecified atom stereocenters. The summed E-state index contributed by atoms with van der Waals surface area (Å²) in [5.74, 6) is -1.50. The summed E-state index contributed by atoms with van der Waals surface area (Å²) < 4.78 is 1.70. The van der Waals surface area contributed by atoms with E-state index in [1.54, 1.807) is 10.9 Å². The van der Waals surface area contributed by atoms with Gasteiger partial charge >= 0.3 is 5.97 Å². The maximum Gasteiger partial charge on any atom is 0.310 e. The standard InChI is InChI=1S/C14H13N3O3/c18-13(16-7-10(8-16)14(19)20)12-6-15-9-17(12)11-4-2-1-3-5-11/h1-6,9-10H,7-8H2,(H,19,20). The number of carboxylic acid groups (broad SMARTS) is 1. The van der Waals surface area contributed by atoms with Gasteiger partial charge in [-0.15, -0.1) is 0 Å². The Labute approximate surface area is 115 Å². The number of aromatic nitrogens is 2. The molecule has 0 aliphatic carbocycles. The Kier molecular flexibility index (Phi) is 2.98. The van der Waals surface area contributed by atoms with Crippen molar-refractivity contribution in [1.29, 1.82) is 0 Å². The summed E-state index contributed by atoms with van der Waals surface area (Å²) in [5.41, 5.74) is 1.30. The van der Waals surface area contributed by atoms with E-state index in [1.165, 1.54) is 11.1 Å². The third kappa shape index (κ3) is 2.05. The minimum Gasteiger partial charge on any atom is -0.481 e. The molecular weight excluding hydrogens is 258 g/mol. The van der Waals surface area contributed by atoms with Crippen molar-refractivity contribution in [2.45, 2.75) is 0 Å². The Bertz CT molecular complexity index is 645. The van der Waals surface area contributed by atoms with Crippen LogP contribution in [0.2, 0.25) is 0 Å². The molecule has 0 bridgehead atoms. The fourth-order valence-corrected chi connectivity index (χ4v) is 2.21. The molecule has 1 aromatic heterocycles. The summed E-state index contributed by atoms with van der Waals surface area (Å²) in [7, 11) is 0. The Balaban J connectivity index is 1.81. The van der Waals surface area contributed by atoms with Crippen molar-refractivity contribution in [3.8, 4) is 5.69 Å². The van der Waals surface area contributed by atoms with Crippen LogP contribution in [0.15, 0.2) is 42.9 Å². The number of rotatable bonds is 3. The third-order valence-corrected chi connectivity index (χ3v) is 3.41. The van der Waals surface area contributed by atoms with E-state index in [9.17, 15) is 9.59 Å². The first-order valence-corrected chi connectivity index (χ1v) is 6.26. The molecule has 6 nitrogen and oxygen atoms in total. The largest absolute Gasteiger partial charge is 0.481 e. The van der Waals surface area contributed by atoms with Gasteiger partial charge in [0.05, 0.1) is 18.4 Å². The van der Waals surface area contributed by atoms with Gasteiger partial charge in [-0.3, -0.25) is 14.2 Å². The minimum atomic E-state index is -0.856. The number of carbonyl (C=O) groups excluding carboxylic acids is 1. The van der Waals surface area contributed by atoms with Crippen LogP contribution in [0.1, 0.15) is 10.5 Å². The molecule has 0 saturated carbocycles. The van der Waals surface area contributed by atoms with Crippen molar-refractivity contribution >= 4 is 11.9 Å². The highest BCUT2D eigenvalue weighted by Gasteiger charge is 2.36. The van der Waals surface area contributed by atoms with Crippen molar-refractivity contribution in [2.75, 3.05) is 13.1 Å². The number of carbonyl (C=O) groups is 2. The van der Waals surface area contributed by atoms with Gasteiger partial charge in [-0.2, -0.15) is 0 Å². The number of benzene rings is 1. The second kappa shape index (κ2) is 4.80. The average molecular weight is 271 g/mol.